The highest BCUT2D eigenvalue weighted by atomic mass is 16.3. The molecule has 0 fully saturated rings. The number of hydrogen-bond acceptors (Lipinski definition) is 2. The molecule has 0 saturated carbocycles. The normalized spacial score (nSPS) is 16.1. The first-order valence-corrected chi connectivity index (χ1v) is 4.84. The van der Waals surface area contributed by atoms with Gasteiger partial charge in [-0.1, -0.05) is 12.1 Å². The van der Waals surface area contributed by atoms with Gasteiger partial charge in [-0.3, -0.25) is 0 Å². The Morgan fingerprint density at radius 2 is 1.73 bits per heavy atom. The smallest absolute Gasteiger partial charge is 0.206 e. The Kier molecular flexibility index (Phi) is 3.07. The van der Waals surface area contributed by atoms with Gasteiger partial charge in [0.1, 0.15) is 17.9 Å². The minimum atomic E-state index is -0.994. The van der Waals surface area contributed by atoms with E-state index in [9.17, 15) is 5.11 Å². The van der Waals surface area contributed by atoms with Crippen molar-refractivity contribution in [3.8, 4) is 5.75 Å². The van der Waals surface area contributed by atoms with Gasteiger partial charge in [0.05, 0.1) is 14.1 Å². The van der Waals surface area contributed by atoms with Crippen molar-refractivity contribution in [3.05, 3.63) is 36.9 Å². The van der Waals surface area contributed by atoms with Crippen LogP contribution >= 0.6 is 0 Å². The van der Waals surface area contributed by atoms with Gasteiger partial charge in [-0.25, -0.2) is 0 Å². The van der Waals surface area contributed by atoms with Crippen molar-refractivity contribution >= 4 is 0 Å². The second kappa shape index (κ2) is 3.83. The van der Waals surface area contributed by atoms with Gasteiger partial charge in [-0.05, 0) is 24.6 Å². The molecule has 3 heteroatoms. The molecule has 1 unspecified atom stereocenters. The Hall–Kier alpha value is -1.06. The number of nitrogens with zero attached hydrogens (tertiary/aromatic N) is 1. The van der Waals surface area contributed by atoms with Crippen molar-refractivity contribution in [2.45, 2.75) is 12.5 Å². The van der Waals surface area contributed by atoms with Gasteiger partial charge < -0.3 is 14.7 Å². The summed E-state index contributed by atoms with van der Waals surface area (Å²) in [4.78, 5) is 0. The minimum Gasteiger partial charge on any atom is -0.508 e. The molecule has 1 atom stereocenters. The van der Waals surface area contributed by atoms with Crippen molar-refractivity contribution in [2.24, 2.45) is 0 Å². The van der Waals surface area contributed by atoms with E-state index in [0.717, 1.165) is 5.56 Å². The van der Waals surface area contributed by atoms with Gasteiger partial charge in [-0.15, -0.1) is 0 Å². The molecule has 2 radical (unpaired) electrons. The number of phenolic OH excluding ortho intramolecular Hbond substituents is 1. The molecule has 0 aliphatic heterocycles. The summed E-state index contributed by atoms with van der Waals surface area (Å²) in [5.74, 6) is 0.191. The third kappa shape index (κ3) is 3.53. The summed E-state index contributed by atoms with van der Waals surface area (Å²) >= 11 is 0. The van der Waals surface area contributed by atoms with Crippen molar-refractivity contribution in [1.82, 2.24) is 0 Å². The fourth-order valence-electron chi connectivity index (χ4n) is 1.71. The lowest BCUT2D eigenvalue weighted by Crippen LogP contribution is -2.44. The maximum atomic E-state index is 10.2. The summed E-state index contributed by atoms with van der Waals surface area (Å²) in [5.41, 5.74) is -0.247. The first kappa shape index (κ1) is 12.0. The molecule has 1 aromatic carbocycles. The van der Waals surface area contributed by atoms with Gasteiger partial charge in [0, 0.05) is 0 Å². The number of benzene rings is 1. The molecule has 0 amide bonds. The Labute approximate surface area is 91.2 Å². The van der Waals surface area contributed by atoms with E-state index in [1.54, 1.807) is 31.2 Å². The monoisotopic (exact) mass is 208 g/mol. The molecule has 0 saturated heterocycles. The standard InChI is InChI=1S/C12H18NO2/c1-12(15,9-13(2,3)4)10-5-7-11(14)8-6-10/h2,5-8,14-15H,9H2,1,3-4H3/q+1. The fraction of sp³-hybridized carbons (Fsp3) is 0.417. The van der Waals surface area contributed by atoms with Crippen LogP contribution in [0.5, 0.6) is 5.75 Å². The zero-order valence-corrected chi connectivity index (χ0v) is 9.44. The highest BCUT2D eigenvalue weighted by Crippen LogP contribution is 2.24. The molecule has 15 heavy (non-hydrogen) atoms. The van der Waals surface area contributed by atoms with E-state index in [0.29, 0.717) is 6.54 Å². The summed E-state index contributed by atoms with van der Waals surface area (Å²) in [7, 11) is 9.45. The third-order valence-electron chi connectivity index (χ3n) is 2.20. The highest BCUT2D eigenvalue weighted by Gasteiger charge is 2.30. The average Bonchev–Trinajstić information content (AvgIpc) is 2.00. The van der Waals surface area contributed by atoms with E-state index in [2.05, 4.69) is 0 Å². The topological polar surface area (TPSA) is 40.5 Å². The predicted molar refractivity (Wildman–Crippen MR) is 59.0 cm³/mol. The van der Waals surface area contributed by atoms with Crippen molar-refractivity contribution in [2.75, 3.05) is 20.6 Å². The van der Waals surface area contributed by atoms with Gasteiger partial charge in [0.15, 0.2) is 0 Å². The highest BCUT2D eigenvalue weighted by molar-refractivity contribution is 5.29. The molecule has 3 nitrogen and oxygen atoms in total. The second-order valence-electron chi connectivity index (χ2n) is 4.76. The Bertz CT molecular complexity index is 322. The number of phenols is 1. The van der Waals surface area contributed by atoms with Crippen molar-refractivity contribution in [3.63, 3.8) is 0 Å². The Morgan fingerprint density at radius 1 is 1.27 bits per heavy atom. The van der Waals surface area contributed by atoms with Crippen LogP contribution in [0.2, 0.25) is 0 Å². The first-order valence-electron chi connectivity index (χ1n) is 4.84. The Balaban J connectivity index is 2.90. The van der Waals surface area contributed by atoms with Crippen LogP contribution in [0.15, 0.2) is 24.3 Å². The van der Waals surface area contributed by atoms with E-state index < -0.39 is 5.60 Å². The fourth-order valence-corrected chi connectivity index (χ4v) is 1.71. The minimum absolute atomic E-state index is 0.188. The summed E-state index contributed by atoms with van der Waals surface area (Å²) in [6.07, 6.45) is 0. The van der Waals surface area contributed by atoms with Crippen LogP contribution < -0.4 is 0 Å². The van der Waals surface area contributed by atoms with Crippen LogP contribution in [-0.2, 0) is 5.60 Å². The van der Waals surface area contributed by atoms with Gasteiger partial charge in [0.2, 0.25) is 7.05 Å². The number of rotatable bonds is 3. The molecule has 2 N–H and O–H groups in total. The summed E-state index contributed by atoms with van der Waals surface area (Å²) in [6.45, 7) is 2.12. The number of aliphatic hydroxyl groups is 1. The van der Waals surface area contributed by atoms with Crippen molar-refractivity contribution < 1.29 is 14.7 Å². The maximum absolute atomic E-state index is 10.2. The van der Waals surface area contributed by atoms with Crippen LogP contribution in [-0.4, -0.2) is 35.3 Å². The lowest BCUT2D eigenvalue weighted by molar-refractivity contribution is -0.853. The SMILES string of the molecule is [CH][N+](C)(C)CC(C)(O)c1ccc(O)cc1. The van der Waals surface area contributed by atoms with E-state index in [-0.39, 0.29) is 10.2 Å². The molecule has 1 aromatic rings. The first-order chi connectivity index (χ1) is 6.71. The maximum Gasteiger partial charge on any atom is 0.206 e. The van der Waals surface area contributed by atoms with Crippen LogP contribution in [0.25, 0.3) is 0 Å². The molecule has 0 aromatic heterocycles. The molecule has 82 valence electrons. The summed E-state index contributed by atoms with van der Waals surface area (Å²) < 4.78 is 0.188. The molecule has 0 aliphatic carbocycles. The summed E-state index contributed by atoms with van der Waals surface area (Å²) in [6, 6.07) is 6.51. The van der Waals surface area contributed by atoms with E-state index in [1.807, 2.05) is 14.1 Å². The number of likely N-dealkylation sites (N-methyl/N-ethyl adjacent to an activating group) is 1. The zero-order chi connectivity index (χ0) is 11.7. The molecular weight excluding hydrogens is 190 g/mol. The van der Waals surface area contributed by atoms with Gasteiger partial charge in [0.25, 0.3) is 0 Å². The zero-order valence-electron chi connectivity index (χ0n) is 9.44. The molecule has 0 aliphatic rings. The molecule has 0 heterocycles. The number of aromatic hydroxyl groups is 1. The molecule has 1 rings (SSSR count). The van der Waals surface area contributed by atoms with E-state index >= 15 is 0 Å². The van der Waals surface area contributed by atoms with Crippen molar-refractivity contribution in [1.29, 1.82) is 0 Å². The van der Waals surface area contributed by atoms with E-state index in [4.69, 9.17) is 12.2 Å². The molecule has 0 spiro atoms. The van der Waals surface area contributed by atoms with Gasteiger partial charge >= 0.3 is 0 Å². The predicted octanol–water partition coefficient (Wildman–Crippen LogP) is 1.34. The van der Waals surface area contributed by atoms with E-state index in [1.165, 1.54) is 0 Å². The average molecular weight is 208 g/mol. The largest absolute Gasteiger partial charge is 0.508 e. The second-order valence-corrected chi connectivity index (χ2v) is 4.76. The van der Waals surface area contributed by atoms with Crippen LogP contribution in [0.3, 0.4) is 0 Å². The lowest BCUT2D eigenvalue weighted by Gasteiger charge is -2.32. The quantitative estimate of drug-likeness (QED) is 0.736. The molecular formula is C12H18NO2+. The van der Waals surface area contributed by atoms with Crippen LogP contribution in [0.4, 0.5) is 0 Å². The number of quaternary nitrogens is 1. The molecule has 0 bridgehead atoms. The summed E-state index contributed by atoms with van der Waals surface area (Å²) in [5, 5.41) is 19.4. The Morgan fingerprint density at radius 3 is 2.13 bits per heavy atom. The lowest BCUT2D eigenvalue weighted by atomic mass is 9.95. The van der Waals surface area contributed by atoms with Crippen LogP contribution in [0, 0.1) is 7.05 Å². The van der Waals surface area contributed by atoms with Crippen LogP contribution in [0.1, 0.15) is 12.5 Å². The number of hydrogen-bond donors (Lipinski definition) is 2. The van der Waals surface area contributed by atoms with Gasteiger partial charge in [-0.2, -0.15) is 0 Å². The third-order valence-corrected chi connectivity index (χ3v) is 2.20.